The maximum absolute atomic E-state index is 4.50. The monoisotopic (exact) mass is 107 g/mol. The number of nitrogens with two attached hydrogens (primary N) is 1. The van der Waals surface area contributed by atoms with Gasteiger partial charge in [-0.05, 0) is 24.2 Å². The Morgan fingerprint density at radius 2 is 1.62 bits per heavy atom. The first-order valence-corrected chi connectivity index (χ1v) is 2.65. The van der Waals surface area contributed by atoms with Crippen LogP contribution in [0.5, 0.6) is 0 Å². The number of hydrogen-bond donors (Lipinski definition) is 1. The van der Waals surface area contributed by atoms with Crippen LogP contribution in [0, 0.1) is 0 Å². The molecule has 2 aliphatic carbocycles. The third kappa shape index (κ3) is 0.724. The zero-order chi connectivity index (χ0) is 5.98. The van der Waals surface area contributed by atoms with Crippen molar-refractivity contribution >= 4 is 0 Å². The van der Waals surface area contributed by atoms with E-state index >= 15 is 0 Å². The minimum Gasteiger partial charge on any atom is -0.333 e. The Morgan fingerprint density at radius 1 is 1.12 bits per heavy atom. The summed E-state index contributed by atoms with van der Waals surface area (Å²) < 4.78 is 0. The van der Waals surface area contributed by atoms with Gasteiger partial charge in [0.05, 0.1) is 0 Å². The van der Waals surface area contributed by atoms with E-state index in [0.29, 0.717) is 0 Å². The van der Waals surface area contributed by atoms with Gasteiger partial charge in [-0.15, -0.1) is 0 Å². The van der Waals surface area contributed by atoms with Gasteiger partial charge in [-0.25, -0.2) is 0 Å². The molecule has 0 heterocycles. The van der Waals surface area contributed by atoms with Crippen LogP contribution in [0.15, 0.2) is 24.3 Å². The molecule has 0 fully saturated rings. The van der Waals surface area contributed by atoms with Gasteiger partial charge in [0.1, 0.15) is 0 Å². The third-order valence-electron chi connectivity index (χ3n) is 1.11. The molecule has 0 aromatic rings. The topological polar surface area (TPSA) is 26.0 Å². The van der Waals surface area contributed by atoms with Gasteiger partial charge in [0.15, 0.2) is 0 Å². The van der Waals surface area contributed by atoms with E-state index in [1.54, 1.807) is 0 Å². The second kappa shape index (κ2) is 1.97. The molecule has 0 saturated carbocycles. The molecule has 0 bridgehead atoms. The number of benzene rings is 1. The Bertz CT molecular complexity index is 164. The molecule has 1 nitrogen and oxygen atoms in total. The van der Waals surface area contributed by atoms with Crippen LogP contribution in [0.4, 0.5) is 0 Å². The van der Waals surface area contributed by atoms with Crippen LogP contribution < -0.4 is 5.73 Å². The van der Waals surface area contributed by atoms with Gasteiger partial charge in [-0.3, -0.25) is 0 Å². The summed E-state index contributed by atoms with van der Waals surface area (Å²) in [6, 6.07) is 8.48. The van der Waals surface area contributed by atoms with E-state index < -0.39 is 0 Å². The van der Waals surface area contributed by atoms with Crippen molar-refractivity contribution in [3.8, 4) is 11.1 Å². The first kappa shape index (κ1) is 5.32. The van der Waals surface area contributed by atoms with Gasteiger partial charge in [-0.2, -0.15) is 0 Å². The molecule has 0 spiro atoms. The molecule has 0 aromatic carbocycles. The van der Waals surface area contributed by atoms with Crippen molar-refractivity contribution in [3.05, 3.63) is 24.3 Å². The molecule has 0 aromatic heterocycles. The fraction of sp³-hybridized carbons (Fsp3) is 0.143. The lowest BCUT2D eigenvalue weighted by atomic mass is 10.6. The van der Waals surface area contributed by atoms with Gasteiger partial charge >= 0.3 is 0 Å². The van der Waals surface area contributed by atoms with Crippen LogP contribution in [-0.4, -0.2) is 7.05 Å². The summed E-state index contributed by atoms with van der Waals surface area (Å²) in [6.07, 6.45) is 0. The molecule has 0 amide bonds. The van der Waals surface area contributed by atoms with Crippen LogP contribution in [-0.2, 0) is 0 Å². The molecule has 0 saturated heterocycles. The molecule has 8 heavy (non-hydrogen) atoms. The molecule has 2 N–H and O–H groups in total. The molecule has 0 atom stereocenters. The van der Waals surface area contributed by atoms with E-state index in [9.17, 15) is 0 Å². The fourth-order valence-electron chi connectivity index (χ4n) is 0.676. The minimum atomic E-state index is 1.43. The van der Waals surface area contributed by atoms with E-state index in [4.69, 9.17) is 0 Å². The highest BCUT2D eigenvalue weighted by Crippen LogP contribution is 2.32. The predicted molar refractivity (Wildman–Crippen MR) is 35.5 cm³/mol. The third-order valence-corrected chi connectivity index (χ3v) is 1.11. The summed E-state index contributed by atoms with van der Waals surface area (Å²) in [5.74, 6) is 0. The lowest BCUT2D eigenvalue weighted by Crippen LogP contribution is -1.69. The zero-order valence-electron chi connectivity index (χ0n) is 4.89. The Hall–Kier alpha value is -0.820. The molecule has 0 radical (unpaired) electrons. The summed E-state index contributed by atoms with van der Waals surface area (Å²) in [6.45, 7) is 0. The van der Waals surface area contributed by atoms with E-state index in [2.05, 4.69) is 30.0 Å². The van der Waals surface area contributed by atoms with Gasteiger partial charge in [0.25, 0.3) is 0 Å². The summed E-state index contributed by atoms with van der Waals surface area (Å²) in [5, 5.41) is 0. The van der Waals surface area contributed by atoms with Crippen molar-refractivity contribution in [2.45, 2.75) is 0 Å². The van der Waals surface area contributed by atoms with Crippen molar-refractivity contribution in [1.29, 1.82) is 0 Å². The highest BCUT2D eigenvalue weighted by atomic mass is 14.4. The van der Waals surface area contributed by atoms with Gasteiger partial charge in [0, 0.05) is 0 Å². The molecule has 2 rings (SSSR count). The summed E-state index contributed by atoms with van der Waals surface area (Å²) in [5.41, 5.74) is 7.35. The predicted octanol–water partition coefficient (Wildman–Crippen LogP) is 1.24. The highest BCUT2D eigenvalue weighted by molar-refractivity contribution is 5.80. The number of hydrogen-bond acceptors (Lipinski definition) is 1. The Labute approximate surface area is 49.1 Å². The smallest absolute Gasteiger partial charge is 0.0178 e. The Kier molecular flexibility index (Phi) is 1.31. The Balaban J connectivity index is 0.000000147. The van der Waals surface area contributed by atoms with E-state index in [0.717, 1.165) is 0 Å². The van der Waals surface area contributed by atoms with Gasteiger partial charge in [-0.1, -0.05) is 18.2 Å². The molecule has 42 valence electrons. The van der Waals surface area contributed by atoms with Crippen molar-refractivity contribution in [3.63, 3.8) is 0 Å². The van der Waals surface area contributed by atoms with Crippen molar-refractivity contribution in [2.75, 3.05) is 7.05 Å². The van der Waals surface area contributed by atoms with E-state index in [-0.39, 0.29) is 0 Å². The zero-order valence-corrected chi connectivity index (χ0v) is 4.89. The minimum absolute atomic E-state index is 1.43. The SMILES string of the molecule is CN.c1cc2cc-2c1. The maximum atomic E-state index is 4.50. The molecule has 0 unspecified atom stereocenters. The summed E-state index contributed by atoms with van der Waals surface area (Å²) >= 11 is 0. The lowest BCUT2D eigenvalue weighted by molar-refractivity contribution is 1.48. The quantitative estimate of drug-likeness (QED) is 0.538. The molecule has 0 aliphatic heterocycles. The average Bonchev–Trinajstić information content (AvgIpc) is 2.46. The maximum Gasteiger partial charge on any atom is -0.0178 e. The highest BCUT2D eigenvalue weighted by Gasteiger charge is 2.06. The molecule has 2 aliphatic rings. The van der Waals surface area contributed by atoms with Crippen molar-refractivity contribution < 1.29 is 0 Å². The van der Waals surface area contributed by atoms with Crippen LogP contribution in [0.25, 0.3) is 11.1 Å². The van der Waals surface area contributed by atoms with E-state index in [1.807, 2.05) is 0 Å². The molecular formula is C7H9N. The van der Waals surface area contributed by atoms with Gasteiger partial charge < -0.3 is 5.73 Å². The second-order valence-corrected chi connectivity index (χ2v) is 1.58. The molecular weight excluding hydrogens is 98.1 g/mol. The molecule has 1 heteroatoms. The fourth-order valence-corrected chi connectivity index (χ4v) is 0.676. The van der Waals surface area contributed by atoms with Crippen LogP contribution >= 0.6 is 0 Å². The van der Waals surface area contributed by atoms with Crippen molar-refractivity contribution in [1.82, 2.24) is 0 Å². The normalized spacial score (nSPS) is 9.25. The van der Waals surface area contributed by atoms with Crippen molar-refractivity contribution in [2.24, 2.45) is 5.73 Å². The summed E-state index contributed by atoms with van der Waals surface area (Å²) in [4.78, 5) is 0. The van der Waals surface area contributed by atoms with Crippen LogP contribution in [0.3, 0.4) is 0 Å². The average molecular weight is 107 g/mol. The number of rotatable bonds is 0. The largest absolute Gasteiger partial charge is 0.333 e. The Morgan fingerprint density at radius 3 is 1.75 bits per heavy atom. The first-order valence-electron chi connectivity index (χ1n) is 2.65. The van der Waals surface area contributed by atoms with E-state index in [1.165, 1.54) is 18.2 Å². The van der Waals surface area contributed by atoms with Crippen LogP contribution in [0.1, 0.15) is 0 Å². The van der Waals surface area contributed by atoms with Crippen LogP contribution in [0.2, 0.25) is 0 Å². The standard InChI is InChI=1S/C6H4.CH5N/c1-2-5-4-6(5)3-1;1-2/h1-4H;2H2,1H3. The lowest BCUT2D eigenvalue weighted by Gasteiger charge is -1.48. The number of fused-ring (bicyclic) bond motifs is 1. The van der Waals surface area contributed by atoms with Gasteiger partial charge in [0.2, 0.25) is 0 Å². The second-order valence-electron chi connectivity index (χ2n) is 1.58. The first-order chi connectivity index (χ1) is 3.97. The summed E-state index contributed by atoms with van der Waals surface area (Å²) in [7, 11) is 1.50.